The molecule has 26 heavy (non-hydrogen) atoms. The Morgan fingerprint density at radius 1 is 1.15 bits per heavy atom. The molecule has 0 atom stereocenters. The summed E-state index contributed by atoms with van der Waals surface area (Å²) in [6.07, 6.45) is 6.04. The summed E-state index contributed by atoms with van der Waals surface area (Å²) in [6.45, 7) is 6.46. The van der Waals surface area contributed by atoms with Crippen LogP contribution in [0.5, 0.6) is 0 Å². The van der Waals surface area contributed by atoms with E-state index < -0.39 is 0 Å². The van der Waals surface area contributed by atoms with Crippen molar-refractivity contribution >= 4 is 5.82 Å². The first-order chi connectivity index (χ1) is 12.8. The molecular formula is C18H21N7O. The molecule has 1 aliphatic heterocycles. The van der Waals surface area contributed by atoms with Gasteiger partial charge in [0.2, 0.25) is 11.7 Å². The topological polar surface area (TPSA) is 84.1 Å². The zero-order valence-corrected chi connectivity index (χ0v) is 14.7. The van der Waals surface area contributed by atoms with Gasteiger partial charge in [0.25, 0.3) is 0 Å². The number of pyridine rings is 1. The average Bonchev–Trinajstić information content (AvgIpc) is 3.18. The summed E-state index contributed by atoms with van der Waals surface area (Å²) in [5, 5.41) is 4.05. The molecule has 134 valence electrons. The van der Waals surface area contributed by atoms with Crippen molar-refractivity contribution in [3.8, 4) is 11.4 Å². The largest absolute Gasteiger partial charge is 0.354 e. The number of anilines is 1. The van der Waals surface area contributed by atoms with E-state index in [0.29, 0.717) is 18.3 Å². The molecule has 4 heterocycles. The highest BCUT2D eigenvalue weighted by Gasteiger charge is 2.20. The number of nitrogens with zero attached hydrogens (tertiary/aromatic N) is 7. The van der Waals surface area contributed by atoms with Crippen LogP contribution in [0.15, 0.2) is 41.4 Å². The molecule has 0 unspecified atom stereocenters. The number of hydrogen-bond donors (Lipinski definition) is 0. The van der Waals surface area contributed by atoms with Crippen molar-refractivity contribution in [1.29, 1.82) is 0 Å². The van der Waals surface area contributed by atoms with Crippen LogP contribution in [0.1, 0.15) is 18.5 Å². The SMILES string of the molecule is CCc1cc(N2CCN(Cc3nc(-c4cccnc4)no3)CC2)ncn1. The molecule has 1 aliphatic rings. The van der Waals surface area contributed by atoms with Crippen LogP contribution in [0.2, 0.25) is 0 Å². The molecule has 8 heteroatoms. The highest BCUT2D eigenvalue weighted by molar-refractivity contribution is 5.51. The van der Waals surface area contributed by atoms with Crippen LogP contribution in [0.4, 0.5) is 5.82 Å². The Morgan fingerprint density at radius 3 is 2.81 bits per heavy atom. The molecule has 0 saturated carbocycles. The fraction of sp³-hybridized carbons (Fsp3) is 0.389. The lowest BCUT2D eigenvalue weighted by molar-refractivity contribution is 0.215. The van der Waals surface area contributed by atoms with Gasteiger partial charge in [0, 0.05) is 55.9 Å². The summed E-state index contributed by atoms with van der Waals surface area (Å²) >= 11 is 0. The van der Waals surface area contributed by atoms with Crippen molar-refractivity contribution in [3.63, 3.8) is 0 Å². The molecule has 0 aromatic carbocycles. The molecule has 3 aromatic rings. The fourth-order valence-electron chi connectivity index (χ4n) is 3.01. The first-order valence-corrected chi connectivity index (χ1v) is 8.83. The standard InChI is InChI=1S/C18H21N7O/c1-2-15-10-16(21-13-20-15)25-8-6-24(7-9-25)12-17-22-18(23-26-17)14-4-3-5-19-11-14/h3-5,10-11,13H,2,6-9,12H2,1H3. The molecule has 0 aliphatic carbocycles. The van der Waals surface area contributed by atoms with Gasteiger partial charge in [-0.25, -0.2) is 9.97 Å². The van der Waals surface area contributed by atoms with Crippen molar-refractivity contribution in [2.45, 2.75) is 19.9 Å². The highest BCUT2D eigenvalue weighted by atomic mass is 16.5. The van der Waals surface area contributed by atoms with Gasteiger partial charge in [0.1, 0.15) is 12.1 Å². The maximum Gasteiger partial charge on any atom is 0.241 e. The van der Waals surface area contributed by atoms with E-state index in [1.54, 1.807) is 18.7 Å². The van der Waals surface area contributed by atoms with Gasteiger partial charge < -0.3 is 9.42 Å². The van der Waals surface area contributed by atoms with E-state index in [1.165, 1.54) is 0 Å². The first kappa shape index (κ1) is 16.6. The van der Waals surface area contributed by atoms with Gasteiger partial charge in [0.05, 0.1) is 6.54 Å². The minimum Gasteiger partial charge on any atom is -0.354 e. The van der Waals surface area contributed by atoms with Crippen molar-refractivity contribution in [2.75, 3.05) is 31.1 Å². The Hall–Kier alpha value is -2.87. The van der Waals surface area contributed by atoms with E-state index in [1.807, 2.05) is 12.1 Å². The van der Waals surface area contributed by atoms with Crippen LogP contribution in [0.25, 0.3) is 11.4 Å². The third kappa shape index (κ3) is 3.70. The molecule has 0 spiro atoms. The van der Waals surface area contributed by atoms with E-state index >= 15 is 0 Å². The van der Waals surface area contributed by atoms with Gasteiger partial charge in [-0.1, -0.05) is 12.1 Å². The lowest BCUT2D eigenvalue weighted by atomic mass is 10.2. The van der Waals surface area contributed by atoms with Crippen LogP contribution < -0.4 is 4.90 Å². The van der Waals surface area contributed by atoms with Crippen LogP contribution in [0.3, 0.4) is 0 Å². The molecule has 1 fully saturated rings. The van der Waals surface area contributed by atoms with E-state index in [2.05, 4.69) is 47.9 Å². The van der Waals surface area contributed by atoms with Crippen molar-refractivity contribution in [3.05, 3.63) is 48.5 Å². The summed E-state index contributed by atoms with van der Waals surface area (Å²) in [7, 11) is 0. The minimum atomic E-state index is 0.583. The van der Waals surface area contributed by atoms with Crippen molar-refractivity contribution in [1.82, 2.24) is 30.0 Å². The zero-order chi connectivity index (χ0) is 17.8. The highest BCUT2D eigenvalue weighted by Crippen LogP contribution is 2.17. The second-order valence-electron chi connectivity index (χ2n) is 6.24. The summed E-state index contributed by atoms with van der Waals surface area (Å²) in [5.74, 6) is 2.22. The maximum absolute atomic E-state index is 5.40. The first-order valence-electron chi connectivity index (χ1n) is 8.83. The summed E-state index contributed by atoms with van der Waals surface area (Å²) in [6, 6.07) is 5.86. The summed E-state index contributed by atoms with van der Waals surface area (Å²) in [4.78, 5) is 21.9. The van der Waals surface area contributed by atoms with E-state index in [9.17, 15) is 0 Å². The monoisotopic (exact) mass is 351 g/mol. The lowest BCUT2D eigenvalue weighted by Gasteiger charge is -2.34. The molecular weight excluding hydrogens is 330 g/mol. The van der Waals surface area contributed by atoms with Gasteiger partial charge in [-0.15, -0.1) is 0 Å². The second-order valence-corrected chi connectivity index (χ2v) is 6.24. The van der Waals surface area contributed by atoms with Gasteiger partial charge in [-0.05, 0) is 18.6 Å². The molecule has 0 amide bonds. The minimum absolute atomic E-state index is 0.583. The third-order valence-corrected chi connectivity index (χ3v) is 4.51. The number of aromatic nitrogens is 5. The Balaban J connectivity index is 1.35. The number of piperazine rings is 1. The van der Waals surface area contributed by atoms with Gasteiger partial charge in [-0.3, -0.25) is 9.88 Å². The maximum atomic E-state index is 5.40. The molecule has 0 radical (unpaired) electrons. The van der Waals surface area contributed by atoms with Gasteiger partial charge in [-0.2, -0.15) is 4.98 Å². The molecule has 0 bridgehead atoms. The van der Waals surface area contributed by atoms with Crippen molar-refractivity contribution in [2.24, 2.45) is 0 Å². The molecule has 0 N–H and O–H groups in total. The van der Waals surface area contributed by atoms with E-state index in [0.717, 1.165) is 49.7 Å². The fourth-order valence-corrected chi connectivity index (χ4v) is 3.01. The molecule has 4 rings (SSSR count). The molecule has 8 nitrogen and oxygen atoms in total. The summed E-state index contributed by atoms with van der Waals surface area (Å²) in [5.41, 5.74) is 1.94. The van der Waals surface area contributed by atoms with Crippen LogP contribution >= 0.6 is 0 Å². The predicted octanol–water partition coefficient (Wildman–Crippen LogP) is 1.81. The second kappa shape index (κ2) is 7.57. The number of aryl methyl sites for hydroxylation is 1. The Morgan fingerprint density at radius 2 is 2.04 bits per heavy atom. The number of rotatable bonds is 5. The number of hydrogen-bond acceptors (Lipinski definition) is 8. The van der Waals surface area contributed by atoms with Crippen LogP contribution in [-0.4, -0.2) is 56.2 Å². The molecule has 1 saturated heterocycles. The van der Waals surface area contributed by atoms with E-state index in [4.69, 9.17) is 4.52 Å². The van der Waals surface area contributed by atoms with Crippen LogP contribution in [-0.2, 0) is 13.0 Å². The van der Waals surface area contributed by atoms with Gasteiger partial charge >= 0.3 is 0 Å². The Bertz CT molecular complexity index is 844. The Labute approximate surface area is 151 Å². The smallest absolute Gasteiger partial charge is 0.241 e. The Kier molecular flexibility index (Phi) is 4.83. The van der Waals surface area contributed by atoms with Crippen molar-refractivity contribution < 1.29 is 4.52 Å². The third-order valence-electron chi connectivity index (χ3n) is 4.51. The van der Waals surface area contributed by atoms with Gasteiger partial charge in [0.15, 0.2) is 0 Å². The quantitative estimate of drug-likeness (QED) is 0.688. The normalized spacial score (nSPS) is 15.3. The average molecular weight is 351 g/mol. The lowest BCUT2D eigenvalue weighted by Crippen LogP contribution is -2.46. The zero-order valence-electron chi connectivity index (χ0n) is 14.7. The van der Waals surface area contributed by atoms with Crippen LogP contribution in [0, 0.1) is 0 Å². The molecule has 3 aromatic heterocycles. The summed E-state index contributed by atoms with van der Waals surface area (Å²) < 4.78 is 5.40. The predicted molar refractivity (Wildman–Crippen MR) is 96.4 cm³/mol. The van der Waals surface area contributed by atoms with E-state index in [-0.39, 0.29) is 0 Å².